The van der Waals surface area contributed by atoms with Crippen LogP contribution in [0.25, 0.3) is 11.3 Å². The van der Waals surface area contributed by atoms with Crippen molar-refractivity contribution in [3.63, 3.8) is 0 Å². The highest BCUT2D eigenvalue weighted by atomic mass is 32.2. The van der Waals surface area contributed by atoms with Crippen LogP contribution >= 0.6 is 0 Å². The van der Waals surface area contributed by atoms with E-state index in [1.165, 1.54) is 5.57 Å². The van der Waals surface area contributed by atoms with Crippen LogP contribution in [0.2, 0.25) is 0 Å². The zero-order valence-electron chi connectivity index (χ0n) is 24.4. The molecule has 0 spiro atoms. The maximum atomic E-state index is 11.5. The molecule has 1 aliphatic rings. The molecule has 2 unspecified atom stereocenters. The Morgan fingerprint density at radius 3 is 2.60 bits per heavy atom. The van der Waals surface area contributed by atoms with Crippen LogP contribution < -0.4 is 9.46 Å². The van der Waals surface area contributed by atoms with Crippen molar-refractivity contribution < 1.29 is 17.9 Å². The van der Waals surface area contributed by atoms with Gasteiger partial charge in [0.05, 0.1) is 18.9 Å². The van der Waals surface area contributed by atoms with Gasteiger partial charge in [-0.05, 0) is 55.7 Å². The topological polar surface area (TPSA) is 93.7 Å². The predicted molar refractivity (Wildman–Crippen MR) is 162 cm³/mol. The molecule has 1 saturated heterocycles. The van der Waals surface area contributed by atoms with E-state index < -0.39 is 10.9 Å². The first kappa shape index (κ1) is 31.3. The Kier molecular flexibility index (Phi) is 11.3. The predicted octanol–water partition coefficient (Wildman–Crippen LogP) is 4.97. The van der Waals surface area contributed by atoms with Crippen LogP contribution in [0.1, 0.15) is 45.2 Å². The first-order valence-corrected chi connectivity index (χ1v) is 14.7. The quantitative estimate of drug-likeness (QED) is 0.225. The third-order valence-electron chi connectivity index (χ3n) is 6.43. The molecule has 1 aromatic carbocycles. The highest BCUT2D eigenvalue weighted by Gasteiger charge is 2.30. The fourth-order valence-corrected chi connectivity index (χ4v) is 5.19. The molecule has 1 aromatic heterocycles. The van der Waals surface area contributed by atoms with Crippen LogP contribution in [0.15, 0.2) is 48.1 Å². The minimum Gasteiger partial charge on any atom is -0.473 e. The van der Waals surface area contributed by atoms with E-state index in [0.717, 1.165) is 36.2 Å². The van der Waals surface area contributed by atoms with Crippen LogP contribution in [0.4, 0.5) is 5.95 Å². The number of likely N-dealkylation sites (tertiary alicyclic amines) is 1. The summed E-state index contributed by atoms with van der Waals surface area (Å²) in [6.07, 6.45) is 11.5. The number of aryl methyl sites for hydroxylation is 2. The number of piperidine rings is 1. The molecule has 2 atom stereocenters. The molecule has 9 heteroatoms. The van der Waals surface area contributed by atoms with Crippen LogP contribution in [0.5, 0.6) is 5.88 Å². The van der Waals surface area contributed by atoms with Crippen molar-refractivity contribution >= 4 is 16.8 Å². The number of hydrogen-bond donors (Lipinski definition) is 2. The molecule has 0 saturated carbocycles. The lowest BCUT2D eigenvalue weighted by Gasteiger charge is -2.38. The zero-order chi connectivity index (χ0) is 29.3. The maximum absolute atomic E-state index is 11.5. The summed E-state index contributed by atoms with van der Waals surface area (Å²) in [5.74, 6) is 3.10. The van der Waals surface area contributed by atoms with Gasteiger partial charge in [0.25, 0.3) is 0 Å². The second kappa shape index (κ2) is 14.4. The summed E-state index contributed by atoms with van der Waals surface area (Å²) in [5.41, 5.74) is 4.87. The normalized spacial score (nSPS) is 18.7. The molecule has 40 heavy (non-hydrogen) atoms. The molecule has 3 rings (SSSR count). The van der Waals surface area contributed by atoms with Gasteiger partial charge in [-0.1, -0.05) is 62.6 Å². The number of hydrogen-bond acceptors (Lipinski definition) is 7. The Labute approximate surface area is 241 Å². The second-order valence-corrected chi connectivity index (χ2v) is 12.4. The Morgan fingerprint density at radius 1 is 1.23 bits per heavy atom. The number of anilines is 1. The van der Waals surface area contributed by atoms with Crippen LogP contribution in [0.3, 0.4) is 0 Å². The van der Waals surface area contributed by atoms with Gasteiger partial charge in [-0.3, -0.25) is 9.62 Å². The molecule has 2 heterocycles. The van der Waals surface area contributed by atoms with Gasteiger partial charge in [0.15, 0.2) is 0 Å². The zero-order valence-corrected chi connectivity index (χ0v) is 25.3. The Morgan fingerprint density at radius 2 is 1.95 bits per heavy atom. The number of thiol groups is 1. The van der Waals surface area contributed by atoms with Crippen molar-refractivity contribution in [1.29, 1.82) is 0 Å². The van der Waals surface area contributed by atoms with E-state index in [-0.39, 0.29) is 23.4 Å². The molecule has 1 aliphatic heterocycles. The number of aromatic nitrogens is 2. The molecule has 2 aromatic rings. The summed E-state index contributed by atoms with van der Waals surface area (Å²) in [7, 11) is -2.93. The molecule has 0 radical (unpaired) electrons. The monoisotopic (exact) mass is 566 g/mol. The number of allylic oxidation sites excluding steroid dienone is 3. The van der Waals surface area contributed by atoms with E-state index in [9.17, 15) is 8.42 Å². The van der Waals surface area contributed by atoms with Crippen LogP contribution in [-0.2, 0) is 15.6 Å². The third-order valence-corrected chi connectivity index (χ3v) is 6.81. The number of terminal acetylenes is 1. The summed E-state index contributed by atoms with van der Waals surface area (Å²) in [6, 6.07) is 7.78. The lowest BCUT2D eigenvalue weighted by atomic mass is 9.95. The SMILES string of the molecule is C#C/C=C\C=C(/C)CN1CC(COCC(C)(C)C)CC(Oc2cc(-c3c(C)cccc3C)nc(N[SH](=O)=O)n2)C1. The van der Waals surface area contributed by atoms with Gasteiger partial charge < -0.3 is 9.47 Å². The number of ether oxygens (including phenoxy) is 2. The Bertz CT molecular complexity index is 1310. The van der Waals surface area contributed by atoms with Crippen molar-refractivity contribution in [2.75, 3.05) is 37.6 Å². The van der Waals surface area contributed by atoms with Crippen molar-refractivity contribution in [1.82, 2.24) is 14.9 Å². The molecule has 1 N–H and O–H groups in total. The average Bonchev–Trinajstić information content (AvgIpc) is 2.82. The van der Waals surface area contributed by atoms with E-state index in [2.05, 4.69) is 53.2 Å². The fraction of sp³-hybridized carbons (Fsp3) is 0.484. The highest BCUT2D eigenvalue weighted by Crippen LogP contribution is 2.30. The minimum absolute atomic E-state index is 0.0110. The van der Waals surface area contributed by atoms with Crippen molar-refractivity contribution in [2.24, 2.45) is 11.3 Å². The average molecular weight is 567 g/mol. The van der Waals surface area contributed by atoms with E-state index in [4.69, 9.17) is 15.9 Å². The minimum atomic E-state index is -2.93. The van der Waals surface area contributed by atoms with Gasteiger partial charge in [-0.15, -0.1) is 6.42 Å². The fourth-order valence-electron chi connectivity index (χ4n) is 4.92. The molecule has 0 aliphatic carbocycles. The second-order valence-electron chi connectivity index (χ2n) is 11.7. The highest BCUT2D eigenvalue weighted by molar-refractivity contribution is 7.73. The Hall–Kier alpha value is -3.19. The molecule has 8 nitrogen and oxygen atoms in total. The molecular weight excluding hydrogens is 524 g/mol. The lowest BCUT2D eigenvalue weighted by molar-refractivity contribution is -0.00413. The number of benzene rings is 1. The van der Waals surface area contributed by atoms with Gasteiger partial charge in [0, 0.05) is 31.3 Å². The first-order chi connectivity index (χ1) is 18.9. The standard InChI is InChI=1S/C31H42N4O4S/c1-8-9-10-12-22(2)17-35-18-25(20-38-21-31(5,6)7)15-26(19-35)39-28-16-27(32-30(33-28)34-40(36)37)29-23(3)13-11-14-24(29)4/h1,9-14,16,25-26,40H,15,17-21H2,2-7H3,(H,32,33,34,36,37)/b10-9-,22-12+. The molecule has 216 valence electrons. The van der Waals surface area contributed by atoms with Crippen molar-refractivity contribution in [3.05, 3.63) is 59.2 Å². The number of nitrogens with zero attached hydrogens (tertiary/aromatic N) is 3. The van der Waals surface area contributed by atoms with E-state index in [1.807, 2.05) is 44.2 Å². The lowest BCUT2D eigenvalue weighted by Crippen LogP contribution is -2.47. The number of rotatable bonds is 11. The first-order valence-electron chi connectivity index (χ1n) is 13.6. The van der Waals surface area contributed by atoms with Gasteiger partial charge in [-0.2, -0.15) is 4.98 Å². The maximum Gasteiger partial charge on any atom is 0.240 e. The van der Waals surface area contributed by atoms with E-state index in [0.29, 0.717) is 31.3 Å². The largest absolute Gasteiger partial charge is 0.473 e. The molecular formula is C31H42N4O4S. The molecule has 0 bridgehead atoms. The van der Waals surface area contributed by atoms with Crippen LogP contribution in [0, 0.1) is 37.5 Å². The van der Waals surface area contributed by atoms with Crippen molar-refractivity contribution in [2.45, 2.75) is 54.1 Å². The van der Waals surface area contributed by atoms with Gasteiger partial charge in [-0.25, -0.2) is 13.4 Å². The van der Waals surface area contributed by atoms with E-state index >= 15 is 0 Å². The Balaban J connectivity index is 1.87. The van der Waals surface area contributed by atoms with Gasteiger partial charge in [0.1, 0.15) is 6.10 Å². The summed E-state index contributed by atoms with van der Waals surface area (Å²) in [6.45, 7) is 16.2. The van der Waals surface area contributed by atoms with Gasteiger partial charge in [0.2, 0.25) is 22.7 Å². The number of nitrogens with one attached hydrogen (secondary N) is 1. The van der Waals surface area contributed by atoms with Gasteiger partial charge >= 0.3 is 0 Å². The summed E-state index contributed by atoms with van der Waals surface area (Å²) < 4.78 is 37.8. The molecule has 0 amide bonds. The summed E-state index contributed by atoms with van der Waals surface area (Å²) in [5, 5.41) is 0. The third kappa shape index (κ3) is 10.1. The van der Waals surface area contributed by atoms with Crippen molar-refractivity contribution in [3.8, 4) is 29.5 Å². The smallest absolute Gasteiger partial charge is 0.240 e. The summed E-state index contributed by atoms with van der Waals surface area (Å²) in [4.78, 5) is 11.2. The summed E-state index contributed by atoms with van der Waals surface area (Å²) >= 11 is 0. The van der Waals surface area contributed by atoms with E-state index in [1.54, 1.807) is 12.1 Å². The molecule has 1 fully saturated rings. The van der Waals surface area contributed by atoms with Crippen LogP contribution in [-0.4, -0.2) is 62.2 Å².